The maximum atomic E-state index is 13.2. The lowest BCUT2D eigenvalue weighted by molar-refractivity contribution is -0.302. The Morgan fingerprint density at radius 2 is 0.629 bits per heavy atom. The van der Waals surface area contributed by atoms with Gasteiger partial charge in [0, 0.05) is 6.42 Å². The van der Waals surface area contributed by atoms with Crippen LogP contribution in [0.4, 0.5) is 0 Å². The maximum Gasteiger partial charge on any atom is 0.220 e. The average Bonchev–Trinajstić information content (AvgIpc) is 2.59. The van der Waals surface area contributed by atoms with Crippen LogP contribution in [0.1, 0.15) is 438 Å². The molecule has 1 aliphatic rings. The number of ether oxygens (including phenoxy) is 2. The molecule has 1 fully saturated rings. The van der Waals surface area contributed by atoms with Gasteiger partial charge in [-0.25, -0.2) is 0 Å². The Balaban J connectivity index is 2.01. The van der Waals surface area contributed by atoms with E-state index in [1.807, 2.05) is 0 Å². The van der Waals surface area contributed by atoms with Gasteiger partial charge in [-0.15, -0.1) is 0 Å². The molecule has 89 heavy (non-hydrogen) atoms. The molecule has 0 aromatic carbocycles. The van der Waals surface area contributed by atoms with Crippen LogP contribution in [0.15, 0.2) is 12.2 Å². The molecule has 1 rings (SSSR count). The predicted octanol–water partition coefficient (Wildman–Crippen LogP) is 23.0. The Labute approximate surface area is 554 Å². The van der Waals surface area contributed by atoms with Gasteiger partial charge in [0.2, 0.25) is 5.91 Å². The first-order chi connectivity index (χ1) is 43.8. The van der Waals surface area contributed by atoms with E-state index in [4.69, 9.17) is 9.47 Å². The van der Waals surface area contributed by atoms with E-state index in [1.165, 1.54) is 372 Å². The number of aliphatic hydroxyl groups excluding tert-OH is 5. The van der Waals surface area contributed by atoms with Crippen LogP contribution in [0, 0.1) is 0 Å². The molecule has 0 aromatic heterocycles. The van der Waals surface area contributed by atoms with Gasteiger partial charge in [0.25, 0.3) is 0 Å². The number of carbonyl (C=O) groups excluding carboxylic acids is 1. The van der Waals surface area contributed by atoms with Crippen molar-refractivity contribution in [3.63, 3.8) is 0 Å². The quantitative estimate of drug-likeness (QED) is 0.0261. The predicted molar refractivity (Wildman–Crippen MR) is 383 cm³/mol. The van der Waals surface area contributed by atoms with Crippen LogP contribution in [0.3, 0.4) is 0 Å². The number of aliphatic hydroxyl groups is 5. The molecular weight excluding hydrogens is 1100 g/mol. The van der Waals surface area contributed by atoms with Crippen LogP contribution >= 0.6 is 0 Å². The van der Waals surface area contributed by atoms with E-state index in [-0.39, 0.29) is 12.5 Å². The first-order valence-corrected chi connectivity index (χ1v) is 40.4. The highest BCUT2D eigenvalue weighted by Crippen LogP contribution is 2.24. The summed E-state index contributed by atoms with van der Waals surface area (Å²) in [6, 6.07) is -0.717. The Kier molecular flexibility index (Phi) is 67.4. The minimum atomic E-state index is -1.55. The molecule has 9 heteroatoms. The molecule has 0 spiro atoms. The van der Waals surface area contributed by atoms with Crippen molar-refractivity contribution in [1.82, 2.24) is 5.32 Å². The molecule has 6 N–H and O–H groups in total. The second-order valence-corrected chi connectivity index (χ2v) is 28.6. The molecule has 0 saturated carbocycles. The maximum absolute atomic E-state index is 13.2. The normalized spacial score (nSPS) is 17.8. The monoisotopic (exact) mass is 1260 g/mol. The van der Waals surface area contributed by atoms with Gasteiger partial charge in [0.05, 0.1) is 25.4 Å². The van der Waals surface area contributed by atoms with Crippen molar-refractivity contribution in [2.75, 3.05) is 13.2 Å². The van der Waals surface area contributed by atoms with Crippen LogP contribution in [0.2, 0.25) is 0 Å². The molecule has 1 saturated heterocycles. The van der Waals surface area contributed by atoms with E-state index >= 15 is 0 Å². The highest BCUT2D eigenvalue weighted by atomic mass is 16.7. The molecule has 530 valence electrons. The van der Waals surface area contributed by atoms with E-state index in [0.29, 0.717) is 12.8 Å². The summed E-state index contributed by atoms with van der Waals surface area (Å²) in [5, 5.41) is 55.1. The lowest BCUT2D eigenvalue weighted by Gasteiger charge is -2.40. The number of unbranched alkanes of at least 4 members (excludes halogenated alkanes) is 61. The zero-order valence-corrected chi connectivity index (χ0v) is 59.7. The summed E-state index contributed by atoms with van der Waals surface area (Å²) < 4.78 is 11.4. The number of amides is 1. The number of allylic oxidation sites excluding steroid dienone is 2. The fourth-order valence-electron chi connectivity index (χ4n) is 13.6. The molecule has 0 radical (unpaired) electrons. The van der Waals surface area contributed by atoms with Gasteiger partial charge >= 0.3 is 0 Å². The van der Waals surface area contributed by atoms with Crippen molar-refractivity contribution >= 4 is 5.91 Å². The van der Waals surface area contributed by atoms with Crippen molar-refractivity contribution in [3.8, 4) is 0 Å². The van der Waals surface area contributed by atoms with Crippen molar-refractivity contribution in [2.24, 2.45) is 0 Å². The zero-order valence-electron chi connectivity index (χ0n) is 59.7. The third kappa shape index (κ3) is 58.1. The number of nitrogens with one attached hydrogen (secondary N) is 1. The summed E-state index contributed by atoms with van der Waals surface area (Å²) in [4.78, 5) is 13.2. The van der Waals surface area contributed by atoms with Crippen molar-refractivity contribution in [2.45, 2.75) is 480 Å². The molecule has 0 aromatic rings. The third-order valence-corrected chi connectivity index (χ3v) is 19.9. The molecule has 9 nitrogen and oxygen atoms in total. The van der Waals surface area contributed by atoms with Crippen molar-refractivity contribution in [3.05, 3.63) is 12.2 Å². The van der Waals surface area contributed by atoms with E-state index in [9.17, 15) is 30.3 Å². The van der Waals surface area contributed by atoms with Crippen molar-refractivity contribution in [1.29, 1.82) is 0 Å². The Hall–Kier alpha value is -1.07. The third-order valence-electron chi connectivity index (χ3n) is 19.9. The molecule has 7 unspecified atom stereocenters. The lowest BCUT2D eigenvalue weighted by atomic mass is 9.99. The molecule has 1 amide bonds. The van der Waals surface area contributed by atoms with Gasteiger partial charge in [0.15, 0.2) is 6.29 Å². The Morgan fingerprint density at radius 1 is 0.371 bits per heavy atom. The van der Waals surface area contributed by atoms with Gasteiger partial charge in [0.1, 0.15) is 24.4 Å². The summed E-state index contributed by atoms with van der Waals surface area (Å²) in [5.74, 6) is -0.132. The zero-order chi connectivity index (χ0) is 64.2. The van der Waals surface area contributed by atoms with Crippen molar-refractivity contribution < 1.29 is 39.8 Å². The molecule has 0 bridgehead atoms. The van der Waals surface area contributed by atoms with Crippen LogP contribution in [0.25, 0.3) is 0 Å². The van der Waals surface area contributed by atoms with Gasteiger partial charge in [-0.05, 0) is 38.5 Å². The van der Waals surface area contributed by atoms with Crippen LogP contribution < -0.4 is 5.32 Å². The van der Waals surface area contributed by atoms with Gasteiger partial charge in [-0.2, -0.15) is 0 Å². The Bertz CT molecular complexity index is 1410. The highest BCUT2D eigenvalue weighted by molar-refractivity contribution is 5.76. The summed E-state index contributed by atoms with van der Waals surface area (Å²) >= 11 is 0. The van der Waals surface area contributed by atoms with Crippen LogP contribution in [-0.2, 0) is 14.3 Å². The van der Waals surface area contributed by atoms with E-state index in [2.05, 4.69) is 31.3 Å². The number of hydrogen-bond donors (Lipinski definition) is 6. The average molecular weight is 1260 g/mol. The standard InChI is InChI=1S/C80H157NO8/c1-3-5-7-9-11-13-15-17-19-21-23-25-27-29-30-31-32-33-34-35-36-37-38-39-40-41-42-43-44-46-48-50-52-54-56-58-60-62-64-66-68-70-76(84)81-73(72-88-80-79(87)78(86)77(85)75(71-82)89-80)74(83)69-67-65-63-61-59-57-55-53-51-49-47-45-28-26-24-22-20-18-16-14-12-10-8-6-4-2/h21,23,73-75,77-80,82-83,85-87H,3-20,22,24-72H2,1-2H3,(H,81,84)/b23-21-. The van der Waals surface area contributed by atoms with Gasteiger partial charge < -0.3 is 40.3 Å². The minimum absolute atomic E-state index is 0.131. The van der Waals surface area contributed by atoms with Crippen LogP contribution in [-0.4, -0.2) is 87.5 Å². The molecule has 0 aliphatic carbocycles. The molecule has 1 heterocycles. The largest absolute Gasteiger partial charge is 0.394 e. The van der Waals surface area contributed by atoms with E-state index < -0.39 is 49.5 Å². The lowest BCUT2D eigenvalue weighted by Crippen LogP contribution is -2.60. The fourth-order valence-corrected chi connectivity index (χ4v) is 13.6. The van der Waals surface area contributed by atoms with E-state index in [0.717, 1.165) is 38.5 Å². The first-order valence-electron chi connectivity index (χ1n) is 40.4. The first kappa shape index (κ1) is 85.9. The number of carbonyl (C=O) groups is 1. The SMILES string of the molecule is CCCCCCCCCC/C=C\CCCCCCCCCCCCCCCCCCCCCCCCCCCCCCCC(=O)NC(COC1OC(CO)C(O)C(O)C1O)C(O)CCCCCCCCCCCCCCCCCCCCCCCCCCC. The summed E-state index contributed by atoms with van der Waals surface area (Å²) in [7, 11) is 0. The smallest absolute Gasteiger partial charge is 0.220 e. The van der Waals surface area contributed by atoms with Gasteiger partial charge in [-0.1, -0.05) is 405 Å². The summed E-state index contributed by atoms with van der Waals surface area (Å²) in [6.07, 6.45) is 84.8. The topological polar surface area (TPSA) is 149 Å². The molecule has 7 atom stereocenters. The number of hydrogen-bond acceptors (Lipinski definition) is 8. The second kappa shape index (κ2) is 69.8. The highest BCUT2D eigenvalue weighted by Gasteiger charge is 2.44. The number of rotatable bonds is 73. The minimum Gasteiger partial charge on any atom is -0.394 e. The molecular formula is C80H157NO8. The fraction of sp³-hybridized carbons (Fsp3) is 0.963. The summed E-state index contributed by atoms with van der Waals surface area (Å²) in [6.45, 7) is 3.91. The van der Waals surface area contributed by atoms with Gasteiger partial charge in [-0.3, -0.25) is 4.79 Å². The second-order valence-electron chi connectivity index (χ2n) is 28.6. The Morgan fingerprint density at radius 3 is 0.910 bits per heavy atom. The summed E-state index contributed by atoms with van der Waals surface area (Å²) in [5.41, 5.74) is 0. The molecule has 1 aliphatic heterocycles. The van der Waals surface area contributed by atoms with E-state index in [1.54, 1.807) is 0 Å². The van der Waals surface area contributed by atoms with Crippen LogP contribution in [0.5, 0.6) is 0 Å².